The molecule has 0 fully saturated rings. The second kappa shape index (κ2) is 75.5. The smallest absolute Gasteiger partial charge is 0.305 e. The van der Waals surface area contributed by atoms with Crippen LogP contribution in [0.4, 0.5) is 0 Å². The average molecular weight is 1210 g/mol. The second-order valence-corrected chi connectivity index (χ2v) is 27.0. The van der Waals surface area contributed by atoms with Crippen molar-refractivity contribution >= 4 is 11.9 Å². The van der Waals surface area contributed by atoms with Gasteiger partial charge >= 0.3 is 5.97 Å². The van der Waals surface area contributed by atoms with Gasteiger partial charge in [-0.25, -0.2) is 0 Å². The number of rotatable bonds is 74. The van der Waals surface area contributed by atoms with Crippen molar-refractivity contribution in [1.82, 2.24) is 5.32 Å². The summed E-state index contributed by atoms with van der Waals surface area (Å²) in [5, 5.41) is 23.4. The van der Waals surface area contributed by atoms with Crippen LogP contribution < -0.4 is 5.32 Å². The number of esters is 1. The third-order valence-electron chi connectivity index (χ3n) is 18.4. The first-order valence-electron chi connectivity index (χ1n) is 39.2. The number of aliphatic hydroxyl groups is 2. The Morgan fingerprint density at radius 1 is 0.326 bits per heavy atom. The molecule has 0 spiro atoms. The van der Waals surface area contributed by atoms with Gasteiger partial charge in [0.1, 0.15) is 0 Å². The number of nitrogens with one attached hydrogen (secondary N) is 1. The van der Waals surface area contributed by atoms with Gasteiger partial charge < -0.3 is 20.3 Å². The van der Waals surface area contributed by atoms with Crippen LogP contribution in [0.2, 0.25) is 0 Å². The highest BCUT2D eigenvalue weighted by Crippen LogP contribution is 2.20. The fraction of sp³-hybridized carbons (Fsp3) is 0.900. The molecule has 0 rings (SSSR count). The van der Waals surface area contributed by atoms with E-state index in [1.807, 2.05) is 0 Å². The Hall–Kier alpha value is -1.92. The summed E-state index contributed by atoms with van der Waals surface area (Å²) in [5.74, 6) is -0.0184. The van der Waals surface area contributed by atoms with Crippen molar-refractivity contribution in [2.45, 2.75) is 450 Å². The van der Waals surface area contributed by atoms with E-state index in [1.165, 1.54) is 353 Å². The van der Waals surface area contributed by atoms with E-state index in [1.54, 1.807) is 0 Å². The zero-order valence-corrected chi connectivity index (χ0v) is 58.3. The summed E-state index contributed by atoms with van der Waals surface area (Å²) in [6.45, 7) is 4.97. The van der Waals surface area contributed by atoms with E-state index in [0.29, 0.717) is 25.9 Å². The largest absolute Gasteiger partial charge is 0.466 e. The molecule has 0 saturated carbocycles. The van der Waals surface area contributed by atoms with Crippen LogP contribution in [-0.2, 0) is 14.3 Å². The highest BCUT2D eigenvalue weighted by atomic mass is 16.5. The Bertz CT molecular complexity index is 1390. The van der Waals surface area contributed by atoms with Crippen molar-refractivity contribution in [3.8, 4) is 0 Å². The molecule has 0 bridgehead atoms. The van der Waals surface area contributed by atoms with Crippen molar-refractivity contribution < 1.29 is 24.5 Å². The normalized spacial score (nSPS) is 12.7. The van der Waals surface area contributed by atoms with Crippen molar-refractivity contribution in [3.05, 3.63) is 36.5 Å². The van der Waals surface area contributed by atoms with E-state index in [4.69, 9.17) is 4.74 Å². The van der Waals surface area contributed by atoms with Crippen molar-refractivity contribution in [2.24, 2.45) is 0 Å². The van der Waals surface area contributed by atoms with Crippen LogP contribution in [0.15, 0.2) is 36.5 Å². The molecule has 2 atom stereocenters. The van der Waals surface area contributed by atoms with Crippen LogP contribution in [0.25, 0.3) is 0 Å². The molecule has 0 aromatic heterocycles. The molecule has 0 aromatic rings. The van der Waals surface area contributed by atoms with Crippen molar-refractivity contribution in [2.75, 3.05) is 13.2 Å². The number of hydrogen-bond donors (Lipinski definition) is 3. The summed E-state index contributed by atoms with van der Waals surface area (Å²) in [6.07, 6.45) is 98.1. The van der Waals surface area contributed by atoms with Gasteiger partial charge in [0.05, 0.1) is 25.4 Å². The maximum atomic E-state index is 12.6. The molecular weight excluding hydrogens is 1050 g/mol. The van der Waals surface area contributed by atoms with Crippen LogP contribution in [0.5, 0.6) is 0 Å². The Kier molecular flexibility index (Phi) is 73.9. The Morgan fingerprint density at radius 2 is 0.581 bits per heavy atom. The zero-order valence-electron chi connectivity index (χ0n) is 58.3. The Morgan fingerprint density at radius 3 is 0.919 bits per heavy atom. The van der Waals surface area contributed by atoms with E-state index < -0.39 is 12.1 Å². The molecule has 3 N–H and O–H groups in total. The van der Waals surface area contributed by atoms with E-state index in [-0.39, 0.29) is 18.5 Å². The Balaban J connectivity index is 3.37. The first kappa shape index (κ1) is 84.1. The molecule has 1 amide bonds. The molecule has 6 nitrogen and oxygen atoms in total. The lowest BCUT2D eigenvalue weighted by Gasteiger charge is -2.22. The predicted molar refractivity (Wildman–Crippen MR) is 379 cm³/mol. The van der Waals surface area contributed by atoms with Crippen LogP contribution in [0.3, 0.4) is 0 Å². The van der Waals surface area contributed by atoms with E-state index in [9.17, 15) is 19.8 Å². The molecule has 0 saturated heterocycles. The lowest BCUT2D eigenvalue weighted by Crippen LogP contribution is -2.45. The highest BCUT2D eigenvalue weighted by molar-refractivity contribution is 5.76. The first-order chi connectivity index (χ1) is 42.5. The molecule has 0 aromatic carbocycles. The summed E-state index contributed by atoms with van der Waals surface area (Å²) < 4.78 is 5.48. The lowest BCUT2D eigenvalue weighted by atomic mass is 10.0. The minimum Gasteiger partial charge on any atom is -0.466 e. The lowest BCUT2D eigenvalue weighted by molar-refractivity contribution is -0.143. The molecule has 2 unspecified atom stereocenters. The van der Waals surface area contributed by atoms with Gasteiger partial charge in [-0.2, -0.15) is 0 Å². The summed E-state index contributed by atoms with van der Waals surface area (Å²) in [7, 11) is 0. The highest BCUT2D eigenvalue weighted by Gasteiger charge is 2.20. The first-order valence-corrected chi connectivity index (χ1v) is 39.2. The summed E-state index contributed by atoms with van der Waals surface area (Å²) in [5.41, 5.74) is 0. The van der Waals surface area contributed by atoms with E-state index >= 15 is 0 Å². The number of aliphatic hydroxyl groups excluding tert-OH is 2. The minimum atomic E-state index is -0.663. The molecular formula is C80H153NO5. The number of hydrogen-bond acceptors (Lipinski definition) is 5. The maximum absolute atomic E-state index is 12.6. The SMILES string of the molecule is CCCCC/C=C\CCCCCCCC(=O)OCCCCCCCCCCCCCCC/C=C\C/C=C\CCCCCCCCCCCCCCCCCCCC(=O)NC(CO)C(O)CCCCCCCCCCCCCCCCCCCCCC. The molecule has 6 heteroatoms. The monoisotopic (exact) mass is 1210 g/mol. The molecule has 0 aliphatic carbocycles. The van der Waals surface area contributed by atoms with Gasteiger partial charge in [-0.1, -0.05) is 378 Å². The quantitative estimate of drug-likeness (QED) is 0.0320. The van der Waals surface area contributed by atoms with Gasteiger partial charge in [-0.3, -0.25) is 9.59 Å². The van der Waals surface area contributed by atoms with Crippen molar-refractivity contribution in [3.63, 3.8) is 0 Å². The summed E-state index contributed by atoms with van der Waals surface area (Å²) >= 11 is 0. The second-order valence-electron chi connectivity index (χ2n) is 27.0. The summed E-state index contributed by atoms with van der Waals surface area (Å²) in [6, 6.07) is -0.540. The fourth-order valence-corrected chi connectivity index (χ4v) is 12.4. The number of ether oxygens (including phenoxy) is 1. The van der Waals surface area contributed by atoms with E-state index in [2.05, 4.69) is 55.6 Å². The summed E-state index contributed by atoms with van der Waals surface area (Å²) in [4.78, 5) is 24.6. The Labute approximate surface area is 538 Å². The number of carbonyl (C=O) groups excluding carboxylic acids is 2. The molecule has 0 aliphatic heterocycles. The predicted octanol–water partition coefficient (Wildman–Crippen LogP) is 25.8. The topological polar surface area (TPSA) is 95.9 Å². The average Bonchev–Trinajstić information content (AvgIpc) is 3.53. The molecule has 508 valence electrons. The third kappa shape index (κ3) is 71.2. The van der Waals surface area contributed by atoms with Gasteiger partial charge in [0.25, 0.3) is 0 Å². The number of amides is 1. The zero-order chi connectivity index (χ0) is 62.0. The van der Waals surface area contributed by atoms with Gasteiger partial charge in [-0.05, 0) is 83.5 Å². The minimum absolute atomic E-state index is 0.00913. The molecule has 0 heterocycles. The van der Waals surface area contributed by atoms with Crippen LogP contribution in [-0.4, -0.2) is 47.4 Å². The van der Waals surface area contributed by atoms with Gasteiger partial charge in [-0.15, -0.1) is 0 Å². The van der Waals surface area contributed by atoms with E-state index in [0.717, 1.165) is 51.4 Å². The number of unbranched alkanes of at least 4 members (excludes halogenated alkanes) is 57. The van der Waals surface area contributed by atoms with Gasteiger partial charge in [0, 0.05) is 12.8 Å². The van der Waals surface area contributed by atoms with Crippen LogP contribution >= 0.6 is 0 Å². The number of allylic oxidation sites excluding steroid dienone is 6. The van der Waals surface area contributed by atoms with Crippen molar-refractivity contribution in [1.29, 1.82) is 0 Å². The third-order valence-corrected chi connectivity index (χ3v) is 18.4. The fourth-order valence-electron chi connectivity index (χ4n) is 12.4. The standard InChI is InChI=1S/C80H153NO5/c1-3-5-7-9-11-13-15-17-18-19-20-40-43-46-49-52-56-60-64-68-72-78(83)77(76-82)81-79(84)73-69-65-61-57-53-50-47-44-41-38-36-34-32-30-28-26-24-22-21-23-25-27-29-31-33-35-37-39-42-45-48-51-55-59-63-67-71-75-86-80(85)74-70-66-62-58-54-16-14-12-10-8-6-4-2/h12,14,21,23,27,29,77-78,82-83H,3-11,13,15-20,22,24-26,28,30-76H2,1-2H3,(H,81,84)/b14-12-,23-21-,29-27-. The molecule has 86 heavy (non-hydrogen) atoms. The van der Waals surface area contributed by atoms with Crippen LogP contribution in [0, 0.1) is 0 Å². The number of carbonyl (C=O) groups is 2. The maximum Gasteiger partial charge on any atom is 0.305 e. The molecule has 0 radical (unpaired) electrons. The van der Waals surface area contributed by atoms with Gasteiger partial charge in [0.15, 0.2) is 0 Å². The van der Waals surface area contributed by atoms with Crippen LogP contribution in [0.1, 0.15) is 438 Å². The molecule has 0 aliphatic rings. The van der Waals surface area contributed by atoms with Gasteiger partial charge in [0.2, 0.25) is 5.91 Å².